The van der Waals surface area contributed by atoms with Crippen LogP contribution in [0.5, 0.6) is 0 Å². The van der Waals surface area contributed by atoms with Crippen molar-refractivity contribution >= 4 is 9.84 Å². The topological polar surface area (TPSA) is 73.7 Å². The number of ether oxygens (including phenoxy) is 2. The molecule has 0 unspecified atom stereocenters. The number of aromatic nitrogens is 2. The lowest BCUT2D eigenvalue weighted by Crippen LogP contribution is -2.38. The molecule has 160 valence electrons. The Hall–Kier alpha value is -1.74. The molecule has 0 amide bonds. The molecular formula is C21H31N3O4S. The summed E-state index contributed by atoms with van der Waals surface area (Å²) in [7, 11) is -1.46. The summed E-state index contributed by atoms with van der Waals surface area (Å²) < 4.78 is 38.9. The van der Waals surface area contributed by atoms with Crippen molar-refractivity contribution < 1.29 is 17.9 Å². The molecule has 2 aromatic rings. The molecule has 8 heteroatoms. The summed E-state index contributed by atoms with van der Waals surface area (Å²) in [6, 6.07) is 9.87. The van der Waals surface area contributed by atoms with Crippen LogP contribution in [0, 0.1) is 5.92 Å². The van der Waals surface area contributed by atoms with Crippen LogP contribution in [0.15, 0.2) is 41.7 Å². The van der Waals surface area contributed by atoms with Crippen molar-refractivity contribution in [1.82, 2.24) is 14.5 Å². The maximum atomic E-state index is 12.9. The largest absolute Gasteiger partial charge is 0.376 e. The molecule has 3 rings (SSSR count). The Bertz CT molecular complexity index is 875. The van der Waals surface area contributed by atoms with Crippen molar-refractivity contribution in [3.8, 4) is 0 Å². The summed E-state index contributed by atoms with van der Waals surface area (Å²) in [6.07, 6.45) is 1.72. The number of imidazole rings is 1. The van der Waals surface area contributed by atoms with Gasteiger partial charge in [0, 0.05) is 13.1 Å². The average molecular weight is 422 g/mol. The summed E-state index contributed by atoms with van der Waals surface area (Å²) in [5.41, 5.74) is 1.91. The highest BCUT2D eigenvalue weighted by Gasteiger charge is 2.25. The van der Waals surface area contributed by atoms with Crippen LogP contribution in [0.4, 0.5) is 0 Å². The lowest BCUT2D eigenvalue weighted by Gasteiger charge is -2.27. The van der Waals surface area contributed by atoms with Crippen molar-refractivity contribution in [3.05, 3.63) is 47.8 Å². The van der Waals surface area contributed by atoms with Crippen LogP contribution in [-0.4, -0.2) is 68.1 Å². The number of likely N-dealkylation sites (N-methyl/N-ethyl adjacent to an activating group) is 1. The van der Waals surface area contributed by atoms with E-state index >= 15 is 0 Å². The predicted molar refractivity (Wildman–Crippen MR) is 112 cm³/mol. The molecular weight excluding hydrogens is 390 g/mol. The highest BCUT2D eigenvalue weighted by Crippen LogP contribution is 2.19. The number of nitrogens with zero attached hydrogens (tertiary/aromatic N) is 3. The molecule has 1 aliphatic rings. The molecule has 1 aromatic heterocycles. The fourth-order valence-electron chi connectivity index (χ4n) is 3.55. The molecule has 0 radical (unpaired) electrons. The van der Waals surface area contributed by atoms with E-state index in [0.717, 1.165) is 11.3 Å². The van der Waals surface area contributed by atoms with Gasteiger partial charge in [-0.05, 0) is 18.5 Å². The monoisotopic (exact) mass is 421 g/mol. The second-order valence-electron chi connectivity index (χ2n) is 8.04. The molecule has 7 nitrogen and oxygen atoms in total. The van der Waals surface area contributed by atoms with Gasteiger partial charge in [0.1, 0.15) is 0 Å². The van der Waals surface area contributed by atoms with Gasteiger partial charge >= 0.3 is 0 Å². The van der Waals surface area contributed by atoms with Crippen LogP contribution in [0.2, 0.25) is 0 Å². The zero-order chi connectivity index (χ0) is 20.9. The summed E-state index contributed by atoms with van der Waals surface area (Å²) in [5, 5.41) is 0.149. The summed E-state index contributed by atoms with van der Waals surface area (Å²) in [6.45, 7) is 7.41. The SMILES string of the molecule is CC(C)CS(=O)(=O)c1ncc(CN(C)C[C@H]2COCCO2)n1Cc1ccccc1. The third-order valence-electron chi connectivity index (χ3n) is 4.75. The van der Waals surface area contributed by atoms with Crippen LogP contribution in [-0.2, 0) is 32.4 Å². The van der Waals surface area contributed by atoms with Gasteiger partial charge in [0.05, 0.1) is 50.1 Å². The molecule has 1 fully saturated rings. The minimum atomic E-state index is -3.46. The van der Waals surface area contributed by atoms with Crippen LogP contribution in [0.3, 0.4) is 0 Å². The van der Waals surface area contributed by atoms with Gasteiger partial charge in [-0.3, -0.25) is 4.90 Å². The number of hydrogen-bond acceptors (Lipinski definition) is 6. The normalized spacial score (nSPS) is 17.9. The van der Waals surface area contributed by atoms with Gasteiger partial charge in [0.25, 0.3) is 0 Å². The van der Waals surface area contributed by atoms with E-state index in [-0.39, 0.29) is 22.9 Å². The van der Waals surface area contributed by atoms with Crippen LogP contribution in [0.1, 0.15) is 25.1 Å². The van der Waals surface area contributed by atoms with Crippen LogP contribution in [0.25, 0.3) is 0 Å². The highest BCUT2D eigenvalue weighted by atomic mass is 32.2. The standard InChI is InChI=1S/C21H31N3O4S/c1-17(2)16-29(25,26)21-22-11-19(24(21)12-18-7-5-4-6-8-18)13-23(3)14-20-15-27-9-10-28-20/h4-8,11,17,20H,9-10,12-16H2,1-3H3/t20-/m0/s1. The number of hydrogen-bond donors (Lipinski definition) is 0. The minimum absolute atomic E-state index is 0.0309. The molecule has 1 saturated heterocycles. The Morgan fingerprint density at radius 1 is 1.24 bits per heavy atom. The summed E-state index contributed by atoms with van der Waals surface area (Å²) >= 11 is 0. The summed E-state index contributed by atoms with van der Waals surface area (Å²) in [5.74, 6) is 0.123. The fraction of sp³-hybridized carbons (Fsp3) is 0.571. The van der Waals surface area contributed by atoms with Crippen molar-refractivity contribution in [1.29, 1.82) is 0 Å². The average Bonchev–Trinajstić information content (AvgIpc) is 3.05. The van der Waals surface area contributed by atoms with E-state index in [0.29, 0.717) is 39.5 Å². The van der Waals surface area contributed by atoms with Crippen molar-refractivity contribution in [2.75, 3.05) is 39.2 Å². The van der Waals surface area contributed by atoms with Crippen molar-refractivity contribution in [2.24, 2.45) is 5.92 Å². The number of benzene rings is 1. The quantitative estimate of drug-likeness (QED) is 0.618. The second kappa shape index (κ2) is 9.84. The Morgan fingerprint density at radius 3 is 2.66 bits per heavy atom. The Morgan fingerprint density at radius 2 is 2.00 bits per heavy atom. The van der Waals surface area contributed by atoms with Gasteiger partial charge in [-0.25, -0.2) is 13.4 Å². The third kappa shape index (κ3) is 6.12. The second-order valence-corrected chi connectivity index (χ2v) is 9.97. The Labute approximate surface area is 173 Å². The summed E-state index contributed by atoms with van der Waals surface area (Å²) in [4.78, 5) is 6.45. The molecule has 1 aliphatic heterocycles. The molecule has 29 heavy (non-hydrogen) atoms. The lowest BCUT2D eigenvalue weighted by molar-refractivity contribution is -0.0963. The molecule has 1 atom stereocenters. The molecule has 0 N–H and O–H groups in total. The minimum Gasteiger partial charge on any atom is -0.376 e. The van der Waals surface area contributed by atoms with Crippen LogP contribution < -0.4 is 0 Å². The maximum Gasteiger partial charge on any atom is 0.228 e. The van der Waals surface area contributed by atoms with E-state index in [4.69, 9.17) is 9.47 Å². The first-order valence-electron chi connectivity index (χ1n) is 10.0. The molecule has 0 saturated carbocycles. The third-order valence-corrected chi connectivity index (χ3v) is 6.74. The number of sulfone groups is 1. The zero-order valence-corrected chi connectivity index (χ0v) is 18.3. The maximum absolute atomic E-state index is 12.9. The van der Waals surface area contributed by atoms with E-state index in [9.17, 15) is 8.42 Å². The van der Waals surface area contributed by atoms with Gasteiger partial charge in [-0.15, -0.1) is 0 Å². The zero-order valence-electron chi connectivity index (χ0n) is 17.5. The Kier molecular flexibility index (Phi) is 7.45. The van der Waals surface area contributed by atoms with Crippen LogP contribution >= 0.6 is 0 Å². The van der Waals surface area contributed by atoms with Crippen molar-refractivity contribution in [2.45, 2.75) is 38.2 Å². The lowest BCUT2D eigenvalue weighted by atomic mass is 10.2. The van der Waals surface area contributed by atoms with Gasteiger partial charge < -0.3 is 14.0 Å². The van der Waals surface area contributed by atoms with E-state index in [1.165, 1.54) is 0 Å². The molecule has 0 bridgehead atoms. The first kappa shape index (κ1) is 22.0. The molecule has 1 aromatic carbocycles. The first-order valence-corrected chi connectivity index (χ1v) is 11.7. The van der Waals surface area contributed by atoms with Gasteiger partial charge in [-0.2, -0.15) is 0 Å². The highest BCUT2D eigenvalue weighted by molar-refractivity contribution is 7.91. The van der Waals surface area contributed by atoms with E-state index in [1.807, 2.05) is 55.8 Å². The van der Waals surface area contributed by atoms with Gasteiger partial charge in [0.15, 0.2) is 0 Å². The van der Waals surface area contributed by atoms with E-state index in [1.54, 1.807) is 6.20 Å². The first-order chi connectivity index (χ1) is 13.8. The molecule has 0 spiro atoms. The fourth-order valence-corrected chi connectivity index (χ4v) is 5.30. The smallest absolute Gasteiger partial charge is 0.228 e. The predicted octanol–water partition coefficient (Wildman–Crippen LogP) is 2.21. The van der Waals surface area contributed by atoms with Crippen molar-refractivity contribution in [3.63, 3.8) is 0 Å². The van der Waals surface area contributed by atoms with E-state index < -0.39 is 9.84 Å². The molecule has 0 aliphatic carbocycles. The molecule has 2 heterocycles. The number of rotatable bonds is 9. The van der Waals surface area contributed by atoms with E-state index in [2.05, 4.69) is 9.88 Å². The Balaban J connectivity index is 1.83. The van der Waals surface area contributed by atoms with Gasteiger partial charge in [-0.1, -0.05) is 44.2 Å². The van der Waals surface area contributed by atoms with Gasteiger partial charge in [0.2, 0.25) is 15.0 Å².